The average molecular weight is 302 g/mol. The van der Waals surface area contributed by atoms with E-state index in [-0.39, 0.29) is 0 Å². The van der Waals surface area contributed by atoms with Crippen LogP contribution in [0.3, 0.4) is 0 Å². The summed E-state index contributed by atoms with van der Waals surface area (Å²) in [6, 6.07) is 8.85. The predicted molar refractivity (Wildman–Crippen MR) is 86.5 cm³/mol. The Morgan fingerprint density at radius 3 is 3.19 bits per heavy atom. The van der Waals surface area contributed by atoms with E-state index in [1.54, 1.807) is 0 Å². The highest BCUT2D eigenvalue weighted by molar-refractivity contribution is 6.35. The molecule has 0 spiro atoms. The van der Waals surface area contributed by atoms with Gasteiger partial charge in [0.25, 0.3) is 0 Å². The van der Waals surface area contributed by atoms with Crippen molar-refractivity contribution in [2.45, 2.75) is 25.4 Å². The normalized spacial score (nSPS) is 26.1. The first kappa shape index (κ1) is 13.5. The number of nitrogens with one attached hydrogen (secondary N) is 1. The first-order chi connectivity index (χ1) is 10.3. The summed E-state index contributed by atoms with van der Waals surface area (Å²) in [5.41, 5.74) is 2.35. The molecule has 2 atom stereocenters. The molecule has 0 radical (unpaired) electrons. The number of hydrogen-bond acceptors (Lipinski definition) is 3. The Labute approximate surface area is 130 Å². The molecule has 2 unspecified atom stereocenters. The average Bonchev–Trinajstić information content (AvgIpc) is 3.00. The molecule has 2 fully saturated rings. The topological polar surface area (TPSA) is 28.2 Å². The molecule has 4 heteroatoms. The number of piperidine rings is 1. The molecule has 3 heterocycles. The van der Waals surface area contributed by atoms with Crippen LogP contribution in [0.25, 0.3) is 10.9 Å². The molecule has 1 N–H and O–H groups in total. The Hall–Kier alpha value is -1.16. The lowest BCUT2D eigenvalue weighted by molar-refractivity contribution is 0.118. The molecule has 0 amide bonds. The molecule has 2 aliphatic heterocycles. The molecule has 0 bridgehead atoms. The third-order valence-electron chi connectivity index (χ3n) is 4.97. The Morgan fingerprint density at radius 2 is 2.24 bits per heavy atom. The zero-order chi connectivity index (χ0) is 14.2. The fraction of sp³-hybridized carbons (Fsp3) is 0.471. The molecule has 3 nitrogen and oxygen atoms in total. The minimum atomic E-state index is 0.688. The minimum absolute atomic E-state index is 0.688. The summed E-state index contributed by atoms with van der Waals surface area (Å²) in [6.45, 7) is 4.48. The number of fused-ring (bicyclic) bond motifs is 2. The zero-order valence-corrected chi connectivity index (χ0v) is 12.8. The number of halogens is 1. The first-order valence-corrected chi connectivity index (χ1v) is 8.17. The second kappa shape index (κ2) is 5.56. The maximum Gasteiger partial charge on any atom is 0.0761 e. The van der Waals surface area contributed by atoms with Crippen molar-refractivity contribution in [2.75, 3.05) is 19.6 Å². The van der Waals surface area contributed by atoms with Crippen molar-refractivity contribution in [3.8, 4) is 0 Å². The van der Waals surface area contributed by atoms with E-state index in [9.17, 15) is 0 Å². The molecule has 2 aliphatic rings. The van der Waals surface area contributed by atoms with Crippen molar-refractivity contribution in [1.29, 1.82) is 0 Å². The number of likely N-dealkylation sites (tertiary alicyclic amines) is 1. The number of aromatic nitrogens is 1. The summed E-state index contributed by atoms with van der Waals surface area (Å²) in [6.07, 6.45) is 4.54. The lowest BCUT2D eigenvalue weighted by atomic mass is 9.91. The molecule has 1 aromatic heterocycles. The number of nitrogens with zero attached hydrogens (tertiary/aromatic N) is 2. The molecule has 0 aliphatic carbocycles. The Balaban J connectivity index is 1.66. The molecule has 4 rings (SSSR count). The quantitative estimate of drug-likeness (QED) is 0.924. The van der Waals surface area contributed by atoms with E-state index in [0.717, 1.165) is 34.9 Å². The van der Waals surface area contributed by atoms with Crippen LogP contribution < -0.4 is 5.32 Å². The number of benzene rings is 1. The maximum atomic E-state index is 6.30. The van der Waals surface area contributed by atoms with Gasteiger partial charge in [0.1, 0.15) is 0 Å². The van der Waals surface area contributed by atoms with Gasteiger partial charge in [-0.15, -0.1) is 0 Å². The minimum Gasteiger partial charge on any atom is -0.315 e. The third kappa shape index (κ3) is 2.44. The van der Waals surface area contributed by atoms with Crippen molar-refractivity contribution in [3.05, 3.63) is 41.0 Å². The molecular weight excluding hydrogens is 282 g/mol. The van der Waals surface area contributed by atoms with Gasteiger partial charge in [0.2, 0.25) is 0 Å². The lowest BCUT2D eigenvalue weighted by Gasteiger charge is -2.37. The Bertz CT molecular complexity index is 658. The highest BCUT2D eigenvalue weighted by atomic mass is 35.5. The molecule has 21 heavy (non-hydrogen) atoms. The fourth-order valence-electron chi connectivity index (χ4n) is 3.90. The van der Waals surface area contributed by atoms with Gasteiger partial charge in [-0.2, -0.15) is 0 Å². The Morgan fingerprint density at radius 1 is 1.29 bits per heavy atom. The second-order valence-corrected chi connectivity index (χ2v) is 6.61. The zero-order valence-electron chi connectivity index (χ0n) is 12.1. The van der Waals surface area contributed by atoms with E-state index in [1.807, 2.05) is 18.3 Å². The molecule has 0 saturated carbocycles. The van der Waals surface area contributed by atoms with Gasteiger partial charge in [-0.1, -0.05) is 17.7 Å². The third-order valence-corrected chi connectivity index (χ3v) is 5.30. The van der Waals surface area contributed by atoms with Crippen LogP contribution in [0, 0.1) is 5.92 Å². The van der Waals surface area contributed by atoms with Gasteiger partial charge in [-0.3, -0.25) is 9.88 Å². The number of rotatable bonds is 2. The summed E-state index contributed by atoms with van der Waals surface area (Å²) in [5, 5.41) is 5.41. The van der Waals surface area contributed by atoms with Gasteiger partial charge in [-0.25, -0.2) is 0 Å². The fourth-order valence-corrected chi connectivity index (χ4v) is 4.12. The molecule has 1 aromatic carbocycles. The van der Waals surface area contributed by atoms with Gasteiger partial charge in [0.15, 0.2) is 0 Å². The van der Waals surface area contributed by atoms with Crippen LogP contribution in [0.1, 0.15) is 18.4 Å². The van der Waals surface area contributed by atoms with Gasteiger partial charge in [-0.05, 0) is 55.6 Å². The van der Waals surface area contributed by atoms with E-state index < -0.39 is 0 Å². The van der Waals surface area contributed by atoms with Crippen LogP contribution in [-0.4, -0.2) is 35.6 Å². The van der Waals surface area contributed by atoms with Crippen molar-refractivity contribution in [3.63, 3.8) is 0 Å². The van der Waals surface area contributed by atoms with Crippen molar-refractivity contribution >= 4 is 22.5 Å². The first-order valence-electron chi connectivity index (χ1n) is 7.80. The van der Waals surface area contributed by atoms with Crippen LogP contribution in [0.15, 0.2) is 30.5 Å². The summed E-state index contributed by atoms with van der Waals surface area (Å²) in [5.74, 6) is 0.824. The van der Waals surface area contributed by atoms with Crippen LogP contribution in [-0.2, 0) is 6.54 Å². The summed E-state index contributed by atoms with van der Waals surface area (Å²) in [7, 11) is 0. The van der Waals surface area contributed by atoms with Gasteiger partial charge in [0, 0.05) is 35.7 Å². The van der Waals surface area contributed by atoms with E-state index in [4.69, 9.17) is 11.6 Å². The van der Waals surface area contributed by atoms with E-state index in [1.165, 1.54) is 31.5 Å². The second-order valence-electron chi connectivity index (χ2n) is 6.20. The molecule has 2 aromatic rings. The highest BCUT2D eigenvalue weighted by Crippen LogP contribution is 2.30. The van der Waals surface area contributed by atoms with Crippen LogP contribution in [0.4, 0.5) is 0 Å². The summed E-state index contributed by atoms with van der Waals surface area (Å²) < 4.78 is 0. The predicted octanol–water partition coefficient (Wildman–Crippen LogP) is 3.07. The van der Waals surface area contributed by atoms with Crippen LogP contribution >= 0.6 is 11.6 Å². The highest BCUT2D eigenvalue weighted by Gasteiger charge is 2.34. The van der Waals surface area contributed by atoms with Crippen molar-refractivity contribution in [2.24, 2.45) is 5.92 Å². The monoisotopic (exact) mass is 301 g/mol. The largest absolute Gasteiger partial charge is 0.315 e. The summed E-state index contributed by atoms with van der Waals surface area (Å²) in [4.78, 5) is 7.20. The van der Waals surface area contributed by atoms with Gasteiger partial charge in [0.05, 0.1) is 5.52 Å². The molecule has 2 saturated heterocycles. The van der Waals surface area contributed by atoms with Crippen LogP contribution in [0.2, 0.25) is 5.02 Å². The van der Waals surface area contributed by atoms with E-state index in [0.29, 0.717) is 6.04 Å². The summed E-state index contributed by atoms with van der Waals surface area (Å²) >= 11 is 6.30. The van der Waals surface area contributed by atoms with Crippen molar-refractivity contribution in [1.82, 2.24) is 15.2 Å². The van der Waals surface area contributed by atoms with E-state index >= 15 is 0 Å². The standard InChI is InChI=1S/C17H20ClN3/c18-15-6-5-13(17-14(15)4-1-7-20-17)11-21-8-2-3-12-9-19-10-16(12)21/h1,4-7,12,16,19H,2-3,8-11H2. The Kier molecular flexibility index (Phi) is 3.57. The number of pyridine rings is 1. The SMILES string of the molecule is Clc1ccc(CN2CCCC3CNCC32)c2ncccc12. The number of hydrogen-bond donors (Lipinski definition) is 1. The lowest BCUT2D eigenvalue weighted by Crippen LogP contribution is -2.44. The van der Waals surface area contributed by atoms with Crippen LogP contribution in [0.5, 0.6) is 0 Å². The van der Waals surface area contributed by atoms with Gasteiger partial charge < -0.3 is 5.32 Å². The van der Waals surface area contributed by atoms with Gasteiger partial charge >= 0.3 is 0 Å². The van der Waals surface area contributed by atoms with Crippen molar-refractivity contribution < 1.29 is 0 Å². The smallest absolute Gasteiger partial charge is 0.0761 e. The molecule has 110 valence electrons. The molecular formula is C17H20ClN3. The maximum absolute atomic E-state index is 6.30. The van der Waals surface area contributed by atoms with E-state index in [2.05, 4.69) is 27.3 Å².